The fraction of sp³-hybridized carbons (Fsp3) is 0.0625. The van der Waals surface area contributed by atoms with Gasteiger partial charge < -0.3 is 4.74 Å². The van der Waals surface area contributed by atoms with Crippen LogP contribution in [0.4, 0.5) is 0 Å². The third kappa shape index (κ3) is 2.47. The van der Waals surface area contributed by atoms with Crippen molar-refractivity contribution >= 4 is 26.7 Å². The van der Waals surface area contributed by atoms with E-state index in [1.165, 1.54) is 0 Å². The highest BCUT2D eigenvalue weighted by atomic mass is 79.9. The van der Waals surface area contributed by atoms with Crippen LogP contribution in [0.5, 0.6) is 5.75 Å². The van der Waals surface area contributed by atoms with Gasteiger partial charge in [-0.15, -0.1) is 0 Å². The van der Waals surface area contributed by atoms with Crippen LogP contribution in [0.2, 0.25) is 0 Å². The number of ether oxygens (including phenoxy) is 1. The molecule has 3 heteroatoms. The standard InChI is InChI=1S/C16H12BrNO/c1-19-15-7-4-12-9-16(18-10-13(12)8-15)11-2-5-14(17)6-3-11/h2-10H,1H3. The molecule has 0 fully saturated rings. The molecule has 3 aromatic rings. The number of nitrogens with zero attached hydrogens (tertiary/aromatic N) is 1. The summed E-state index contributed by atoms with van der Waals surface area (Å²) in [7, 11) is 1.67. The molecule has 0 saturated heterocycles. The van der Waals surface area contributed by atoms with Crippen molar-refractivity contribution < 1.29 is 4.74 Å². The highest BCUT2D eigenvalue weighted by Crippen LogP contribution is 2.25. The SMILES string of the molecule is COc1ccc2cc(-c3ccc(Br)cc3)ncc2c1. The second-order valence-corrected chi connectivity index (χ2v) is 5.21. The van der Waals surface area contributed by atoms with Crippen LogP contribution in [0.3, 0.4) is 0 Å². The molecule has 0 N–H and O–H groups in total. The van der Waals surface area contributed by atoms with Crippen LogP contribution in [0, 0.1) is 0 Å². The Balaban J connectivity index is 2.08. The van der Waals surface area contributed by atoms with Gasteiger partial charge in [0.25, 0.3) is 0 Å². The monoisotopic (exact) mass is 313 g/mol. The molecule has 0 aliphatic heterocycles. The summed E-state index contributed by atoms with van der Waals surface area (Å²) in [5, 5.41) is 2.24. The summed E-state index contributed by atoms with van der Waals surface area (Å²) in [6, 6.07) is 16.3. The van der Waals surface area contributed by atoms with E-state index in [0.717, 1.165) is 32.3 Å². The molecule has 1 heterocycles. The molecule has 19 heavy (non-hydrogen) atoms. The third-order valence-corrected chi connectivity index (χ3v) is 3.60. The lowest BCUT2D eigenvalue weighted by Gasteiger charge is -2.05. The highest BCUT2D eigenvalue weighted by Gasteiger charge is 2.02. The van der Waals surface area contributed by atoms with Crippen LogP contribution in [0.15, 0.2) is 59.2 Å². The zero-order valence-corrected chi connectivity index (χ0v) is 12.0. The van der Waals surface area contributed by atoms with Gasteiger partial charge in [-0.3, -0.25) is 4.98 Å². The molecule has 94 valence electrons. The maximum atomic E-state index is 5.22. The van der Waals surface area contributed by atoms with Gasteiger partial charge in [-0.2, -0.15) is 0 Å². The Bertz CT molecular complexity index is 722. The fourth-order valence-electron chi connectivity index (χ4n) is 2.03. The van der Waals surface area contributed by atoms with Crippen LogP contribution in [0.1, 0.15) is 0 Å². The minimum Gasteiger partial charge on any atom is -0.497 e. The van der Waals surface area contributed by atoms with Crippen molar-refractivity contribution in [1.29, 1.82) is 0 Å². The van der Waals surface area contributed by atoms with E-state index in [1.807, 2.05) is 30.5 Å². The lowest BCUT2D eigenvalue weighted by atomic mass is 10.1. The van der Waals surface area contributed by atoms with E-state index in [1.54, 1.807) is 7.11 Å². The van der Waals surface area contributed by atoms with Crippen molar-refractivity contribution in [3.63, 3.8) is 0 Å². The van der Waals surface area contributed by atoms with Gasteiger partial charge in [0.1, 0.15) is 5.75 Å². The molecule has 0 aliphatic carbocycles. The summed E-state index contributed by atoms with van der Waals surface area (Å²) in [5.74, 6) is 0.852. The van der Waals surface area contributed by atoms with Gasteiger partial charge in [-0.05, 0) is 35.7 Å². The molecule has 0 bridgehead atoms. The Morgan fingerprint density at radius 1 is 0.947 bits per heavy atom. The molecule has 1 aromatic heterocycles. The molecule has 0 radical (unpaired) electrons. The lowest BCUT2D eigenvalue weighted by Crippen LogP contribution is -1.86. The third-order valence-electron chi connectivity index (χ3n) is 3.07. The fourth-order valence-corrected chi connectivity index (χ4v) is 2.29. The Hall–Kier alpha value is -1.87. The first-order valence-corrected chi connectivity index (χ1v) is 6.75. The number of fused-ring (bicyclic) bond motifs is 1. The minimum absolute atomic E-state index is 0.852. The van der Waals surface area contributed by atoms with Crippen molar-refractivity contribution in [2.24, 2.45) is 0 Å². The molecule has 3 rings (SSSR count). The lowest BCUT2D eigenvalue weighted by molar-refractivity contribution is 0.415. The predicted octanol–water partition coefficient (Wildman–Crippen LogP) is 4.67. The normalized spacial score (nSPS) is 10.6. The van der Waals surface area contributed by atoms with Crippen molar-refractivity contribution in [1.82, 2.24) is 4.98 Å². The van der Waals surface area contributed by atoms with Crippen molar-refractivity contribution in [2.45, 2.75) is 0 Å². The Labute approximate surface area is 120 Å². The summed E-state index contributed by atoms with van der Waals surface area (Å²) >= 11 is 3.44. The Morgan fingerprint density at radius 2 is 1.74 bits per heavy atom. The van der Waals surface area contributed by atoms with E-state index in [-0.39, 0.29) is 0 Å². The molecule has 2 aromatic carbocycles. The number of methoxy groups -OCH3 is 1. The summed E-state index contributed by atoms with van der Waals surface area (Å²) < 4.78 is 6.29. The molecule has 0 spiro atoms. The van der Waals surface area contributed by atoms with Crippen LogP contribution in [-0.4, -0.2) is 12.1 Å². The van der Waals surface area contributed by atoms with Gasteiger partial charge in [0, 0.05) is 21.6 Å². The second-order valence-electron chi connectivity index (χ2n) is 4.29. The van der Waals surface area contributed by atoms with E-state index in [0.29, 0.717) is 0 Å². The first-order chi connectivity index (χ1) is 9.26. The topological polar surface area (TPSA) is 22.1 Å². The summed E-state index contributed by atoms with van der Waals surface area (Å²) in [4.78, 5) is 4.51. The maximum Gasteiger partial charge on any atom is 0.119 e. The minimum atomic E-state index is 0.852. The zero-order valence-electron chi connectivity index (χ0n) is 10.4. The van der Waals surface area contributed by atoms with Gasteiger partial charge in [0.2, 0.25) is 0 Å². The van der Waals surface area contributed by atoms with Gasteiger partial charge in [-0.1, -0.05) is 34.1 Å². The Morgan fingerprint density at radius 3 is 2.47 bits per heavy atom. The van der Waals surface area contributed by atoms with Crippen molar-refractivity contribution in [3.8, 4) is 17.0 Å². The van der Waals surface area contributed by atoms with E-state index < -0.39 is 0 Å². The largest absolute Gasteiger partial charge is 0.497 e. The molecule has 0 atom stereocenters. The van der Waals surface area contributed by atoms with Gasteiger partial charge in [0.05, 0.1) is 12.8 Å². The predicted molar refractivity (Wildman–Crippen MR) is 81.4 cm³/mol. The maximum absolute atomic E-state index is 5.22. The quantitative estimate of drug-likeness (QED) is 0.685. The summed E-state index contributed by atoms with van der Waals surface area (Å²) in [6.07, 6.45) is 1.88. The van der Waals surface area contributed by atoms with Crippen LogP contribution >= 0.6 is 15.9 Å². The van der Waals surface area contributed by atoms with Crippen LogP contribution < -0.4 is 4.74 Å². The molecular weight excluding hydrogens is 302 g/mol. The number of hydrogen-bond acceptors (Lipinski definition) is 2. The van der Waals surface area contributed by atoms with Crippen molar-refractivity contribution in [2.75, 3.05) is 7.11 Å². The molecule has 0 unspecified atom stereocenters. The van der Waals surface area contributed by atoms with E-state index in [9.17, 15) is 0 Å². The average molecular weight is 314 g/mol. The van der Waals surface area contributed by atoms with E-state index >= 15 is 0 Å². The van der Waals surface area contributed by atoms with E-state index in [2.05, 4.69) is 45.2 Å². The smallest absolute Gasteiger partial charge is 0.119 e. The second kappa shape index (κ2) is 5.02. The van der Waals surface area contributed by atoms with Gasteiger partial charge >= 0.3 is 0 Å². The van der Waals surface area contributed by atoms with E-state index in [4.69, 9.17) is 4.74 Å². The van der Waals surface area contributed by atoms with Crippen LogP contribution in [-0.2, 0) is 0 Å². The number of rotatable bonds is 2. The first-order valence-electron chi connectivity index (χ1n) is 5.96. The first kappa shape index (κ1) is 12.2. The number of pyridine rings is 1. The van der Waals surface area contributed by atoms with Gasteiger partial charge in [-0.25, -0.2) is 0 Å². The Kier molecular flexibility index (Phi) is 3.22. The zero-order chi connectivity index (χ0) is 13.2. The highest BCUT2D eigenvalue weighted by molar-refractivity contribution is 9.10. The molecule has 0 amide bonds. The number of halogens is 1. The molecule has 2 nitrogen and oxygen atoms in total. The van der Waals surface area contributed by atoms with Crippen molar-refractivity contribution in [3.05, 3.63) is 59.2 Å². The van der Waals surface area contributed by atoms with Gasteiger partial charge in [0.15, 0.2) is 0 Å². The number of hydrogen-bond donors (Lipinski definition) is 0. The molecule has 0 aliphatic rings. The summed E-state index contributed by atoms with van der Waals surface area (Å²) in [5.41, 5.74) is 2.09. The number of aromatic nitrogens is 1. The number of benzene rings is 2. The summed E-state index contributed by atoms with van der Waals surface area (Å²) in [6.45, 7) is 0. The molecular formula is C16H12BrNO. The molecule has 0 saturated carbocycles. The average Bonchev–Trinajstić information content (AvgIpc) is 2.47. The van der Waals surface area contributed by atoms with Crippen LogP contribution in [0.25, 0.3) is 22.0 Å².